The summed E-state index contributed by atoms with van der Waals surface area (Å²) >= 11 is 5.14. The molecule has 1 aromatic carbocycles. The summed E-state index contributed by atoms with van der Waals surface area (Å²) in [4.78, 5) is 3.29. The van der Waals surface area contributed by atoms with E-state index in [1.165, 1.54) is 4.88 Å². The summed E-state index contributed by atoms with van der Waals surface area (Å²) < 4.78 is 1.12. The van der Waals surface area contributed by atoms with Gasteiger partial charge >= 0.3 is 0 Å². The van der Waals surface area contributed by atoms with Crippen molar-refractivity contribution in [3.05, 3.63) is 44.6 Å². The molecular formula is C13H12BrN3S. The summed E-state index contributed by atoms with van der Waals surface area (Å²) in [5.41, 5.74) is 8.15. The molecule has 0 saturated carbocycles. The number of nitrogens with two attached hydrogens (primary N) is 1. The number of nitrogens with zero attached hydrogens (tertiary/aromatic N) is 2. The van der Waals surface area contributed by atoms with E-state index < -0.39 is 0 Å². The lowest BCUT2D eigenvalue weighted by molar-refractivity contribution is 0.942. The molecule has 0 aliphatic carbocycles. The van der Waals surface area contributed by atoms with Crippen molar-refractivity contribution in [3.63, 3.8) is 0 Å². The van der Waals surface area contributed by atoms with E-state index in [4.69, 9.17) is 11.0 Å². The zero-order chi connectivity index (χ0) is 13.1. The Morgan fingerprint density at radius 2 is 2.17 bits per heavy atom. The van der Waals surface area contributed by atoms with Gasteiger partial charge in [0.15, 0.2) is 0 Å². The minimum atomic E-state index is 0.624. The maximum absolute atomic E-state index is 8.91. The first-order valence-electron chi connectivity index (χ1n) is 5.35. The molecule has 0 bridgehead atoms. The van der Waals surface area contributed by atoms with Gasteiger partial charge in [-0.3, -0.25) is 0 Å². The SMILES string of the molecule is CN(Cc1ccc(Br)s1)c1cc(C#N)ccc1N. The fraction of sp³-hybridized carbons (Fsp3) is 0.154. The lowest BCUT2D eigenvalue weighted by Crippen LogP contribution is -2.17. The molecule has 1 heterocycles. The maximum atomic E-state index is 8.91. The highest BCUT2D eigenvalue weighted by molar-refractivity contribution is 9.11. The van der Waals surface area contributed by atoms with Crippen LogP contribution in [0.15, 0.2) is 34.1 Å². The molecule has 92 valence electrons. The van der Waals surface area contributed by atoms with Gasteiger partial charge in [0.2, 0.25) is 0 Å². The van der Waals surface area contributed by atoms with Crippen molar-refractivity contribution in [2.45, 2.75) is 6.54 Å². The number of hydrogen-bond donors (Lipinski definition) is 1. The van der Waals surface area contributed by atoms with Crippen LogP contribution in [0.5, 0.6) is 0 Å². The van der Waals surface area contributed by atoms with Crippen molar-refractivity contribution < 1.29 is 0 Å². The second-order valence-electron chi connectivity index (χ2n) is 3.95. The molecule has 0 atom stereocenters. The molecule has 1 aromatic heterocycles. The van der Waals surface area contributed by atoms with Crippen molar-refractivity contribution >= 4 is 38.6 Å². The largest absolute Gasteiger partial charge is 0.397 e. The molecule has 0 spiro atoms. The normalized spacial score (nSPS) is 10.1. The molecule has 2 aromatic rings. The van der Waals surface area contributed by atoms with E-state index in [-0.39, 0.29) is 0 Å². The molecule has 0 aliphatic rings. The minimum absolute atomic E-state index is 0.624. The second kappa shape index (κ2) is 5.42. The first-order chi connectivity index (χ1) is 8.60. The topological polar surface area (TPSA) is 53.0 Å². The number of nitriles is 1. The van der Waals surface area contributed by atoms with E-state index in [1.54, 1.807) is 23.5 Å². The van der Waals surface area contributed by atoms with Crippen LogP contribution in [0.2, 0.25) is 0 Å². The second-order valence-corrected chi connectivity index (χ2v) is 6.49. The third kappa shape index (κ3) is 2.84. The molecule has 2 N–H and O–H groups in total. The molecular weight excluding hydrogens is 310 g/mol. The van der Waals surface area contributed by atoms with Gasteiger partial charge in [0.25, 0.3) is 0 Å². The van der Waals surface area contributed by atoms with Crippen molar-refractivity contribution in [1.82, 2.24) is 0 Å². The van der Waals surface area contributed by atoms with E-state index in [2.05, 4.69) is 33.0 Å². The third-order valence-corrected chi connectivity index (χ3v) is 4.20. The van der Waals surface area contributed by atoms with Crippen LogP contribution in [-0.4, -0.2) is 7.05 Å². The van der Waals surface area contributed by atoms with Crippen molar-refractivity contribution in [1.29, 1.82) is 5.26 Å². The number of nitrogen functional groups attached to an aromatic ring is 1. The van der Waals surface area contributed by atoms with E-state index >= 15 is 0 Å². The first-order valence-corrected chi connectivity index (χ1v) is 6.96. The van der Waals surface area contributed by atoms with Gasteiger partial charge in [-0.05, 0) is 46.3 Å². The number of rotatable bonds is 3. The van der Waals surface area contributed by atoms with Gasteiger partial charge in [0.1, 0.15) is 0 Å². The summed E-state index contributed by atoms with van der Waals surface area (Å²) in [6.45, 7) is 0.773. The lowest BCUT2D eigenvalue weighted by atomic mass is 10.1. The summed E-state index contributed by atoms with van der Waals surface area (Å²) in [5, 5.41) is 8.91. The summed E-state index contributed by atoms with van der Waals surface area (Å²) in [6.07, 6.45) is 0. The zero-order valence-electron chi connectivity index (χ0n) is 9.85. The Balaban J connectivity index is 2.23. The van der Waals surface area contributed by atoms with E-state index in [1.807, 2.05) is 19.2 Å². The molecule has 0 unspecified atom stereocenters. The quantitative estimate of drug-likeness (QED) is 0.879. The van der Waals surface area contributed by atoms with Gasteiger partial charge in [-0.25, -0.2) is 0 Å². The predicted molar refractivity (Wildman–Crippen MR) is 79.7 cm³/mol. The summed E-state index contributed by atoms with van der Waals surface area (Å²) in [6, 6.07) is 11.6. The van der Waals surface area contributed by atoms with Crippen LogP contribution >= 0.6 is 27.3 Å². The van der Waals surface area contributed by atoms with Gasteiger partial charge in [-0.1, -0.05) is 0 Å². The number of hydrogen-bond acceptors (Lipinski definition) is 4. The van der Waals surface area contributed by atoms with E-state index in [9.17, 15) is 0 Å². The molecule has 0 fully saturated rings. The highest BCUT2D eigenvalue weighted by Crippen LogP contribution is 2.28. The van der Waals surface area contributed by atoms with E-state index in [0.29, 0.717) is 11.3 Å². The Morgan fingerprint density at radius 3 is 2.78 bits per heavy atom. The molecule has 0 aliphatic heterocycles. The fourth-order valence-corrected chi connectivity index (χ4v) is 3.24. The average Bonchev–Trinajstić information content (AvgIpc) is 2.75. The van der Waals surface area contributed by atoms with Crippen LogP contribution in [0, 0.1) is 11.3 Å². The van der Waals surface area contributed by atoms with Crippen LogP contribution in [0.1, 0.15) is 10.4 Å². The Morgan fingerprint density at radius 1 is 1.39 bits per heavy atom. The molecule has 0 saturated heterocycles. The summed E-state index contributed by atoms with van der Waals surface area (Å²) in [5.74, 6) is 0. The zero-order valence-corrected chi connectivity index (χ0v) is 12.3. The van der Waals surface area contributed by atoms with E-state index in [0.717, 1.165) is 16.0 Å². The number of thiophene rings is 1. The van der Waals surface area contributed by atoms with Gasteiger partial charge in [-0.15, -0.1) is 11.3 Å². The first kappa shape index (κ1) is 12.9. The molecule has 18 heavy (non-hydrogen) atoms. The Hall–Kier alpha value is -1.51. The fourth-order valence-electron chi connectivity index (χ4n) is 1.70. The van der Waals surface area contributed by atoms with Gasteiger partial charge < -0.3 is 10.6 Å². The van der Waals surface area contributed by atoms with Crippen LogP contribution < -0.4 is 10.6 Å². The van der Waals surface area contributed by atoms with Crippen LogP contribution in [0.25, 0.3) is 0 Å². The highest BCUT2D eigenvalue weighted by Gasteiger charge is 2.08. The molecule has 2 rings (SSSR count). The number of anilines is 2. The van der Waals surface area contributed by atoms with Gasteiger partial charge in [0.05, 0.1) is 33.3 Å². The molecule has 0 amide bonds. The molecule has 0 radical (unpaired) electrons. The van der Waals surface area contributed by atoms with Gasteiger partial charge in [-0.2, -0.15) is 5.26 Å². The Bertz CT molecular complexity index is 601. The van der Waals surface area contributed by atoms with Gasteiger partial charge in [0, 0.05) is 11.9 Å². The average molecular weight is 322 g/mol. The van der Waals surface area contributed by atoms with Crippen molar-refractivity contribution in [2.24, 2.45) is 0 Å². The minimum Gasteiger partial charge on any atom is -0.397 e. The van der Waals surface area contributed by atoms with Crippen molar-refractivity contribution in [3.8, 4) is 6.07 Å². The van der Waals surface area contributed by atoms with Crippen LogP contribution in [0.3, 0.4) is 0 Å². The van der Waals surface area contributed by atoms with Crippen LogP contribution in [-0.2, 0) is 6.54 Å². The molecule has 5 heteroatoms. The Kier molecular flexibility index (Phi) is 3.90. The lowest BCUT2D eigenvalue weighted by Gasteiger charge is -2.20. The van der Waals surface area contributed by atoms with Crippen molar-refractivity contribution in [2.75, 3.05) is 17.7 Å². The van der Waals surface area contributed by atoms with Crippen LogP contribution in [0.4, 0.5) is 11.4 Å². The predicted octanol–water partition coefficient (Wildman–Crippen LogP) is 3.60. The number of benzene rings is 1. The maximum Gasteiger partial charge on any atom is 0.0992 e. The summed E-state index contributed by atoms with van der Waals surface area (Å²) in [7, 11) is 1.97. The monoisotopic (exact) mass is 321 g/mol. The highest BCUT2D eigenvalue weighted by atomic mass is 79.9. The third-order valence-electron chi connectivity index (χ3n) is 2.59. The number of halogens is 1. The standard InChI is InChI=1S/C13H12BrN3S/c1-17(8-10-3-5-13(14)18-10)12-6-9(7-15)2-4-11(12)16/h2-6H,8,16H2,1H3. The molecule has 3 nitrogen and oxygen atoms in total. The Labute approximate surface area is 119 Å². The smallest absolute Gasteiger partial charge is 0.0992 e.